The van der Waals surface area contributed by atoms with Crippen molar-refractivity contribution in [3.63, 3.8) is 0 Å². The lowest BCUT2D eigenvalue weighted by Crippen LogP contribution is -2.57. The number of fused-ring (bicyclic) bond motifs is 1. The molecule has 0 bridgehead atoms. The Morgan fingerprint density at radius 2 is 1.55 bits per heavy atom. The summed E-state index contributed by atoms with van der Waals surface area (Å²) >= 11 is 14.2. The van der Waals surface area contributed by atoms with E-state index in [-0.39, 0.29) is 29.9 Å². The van der Waals surface area contributed by atoms with Crippen LogP contribution in [0.5, 0.6) is 11.8 Å². The van der Waals surface area contributed by atoms with Gasteiger partial charge in [-0.2, -0.15) is 0 Å². The van der Waals surface area contributed by atoms with Gasteiger partial charge in [0.2, 0.25) is 11.8 Å². The summed E-state index contributed by atoms with van der Waals surface area (Å²) in [5, 5.41) is 10.9. The first kappa shape index (κ1) is 32.0. The quantitative estimate of drug-likeness (QED) is 0.220. The highest BCUT2D eigenvalue weighted by Gasteiger charge is 2.40. The van der Waals surface area contributed by atoms with Crippen LogP contribution in [0.3, 0.4) is 0 Å². The number of aliphatic hydroxyl groups excluding tert-OH is 1. The van der Waals surface area contributed by atoms with Crippen molar-refractivity contribution in [3.8, 4) is 45.4 Å². The number of halogens is 2. The van der Waals surface area contributed by atoms with Gasteiger partial charge in [-0.05, 0) is 38.3 Å². The highest BCUT2D eigenvalue weighted by atomic mass is 35.5. The van der Waals surface area contributed by atoms with Crippen molar-refractivity contribution >= 4 is 29.0 Å². The van der Waals surface area contributed by atoms with Crippen LogP contribution in [-0.4, -0.2) is 81.6 Å². The molecular formula is C36H37Cl2N5O4. The molecule has 2 aromatic carbocycles. The summed E-state index contributed by atoms with van der Waals surface area (Å²) in [7, 11) is 3.23. The number of aryl methyl sites for hydroxylation is 1. The number of rotatable bonds is 9. The lowest BCUT2D eigenvalue weighted by Gasteiger charge is -2.43. The molecule has 1 N–H and O–H groups in total. The van der Waals surface area contributed by atoms with E-state index in [0.717, 1.165) is 53.9 Å². The van der Waals surface area contributed by atoms with E-state index in [4.69, 9.17) is 42.6 Å². The van der Waals surface area contributed by atoms with Crippen molar-refractivity contribution in [3.05, 3.63) is 75.5 Å². The Bertz CT molecular complexity index is 1860. The number of nitrogens with zero attached hydrogens (tertiary/aromatic N) is 5. The van der Waals surface area contributed by atoms with E-state index < -0.39 is 0 Å². The number of benzene rings is 2. The minimum atomic E-state index is -0.328. The van der Waals surface area contributed by atoms with Crippen LogP contribution in [-0.2, 0) is 17.8 Å². The number of methoxy groups -OCH3 is 2. The van der Waals surface area contributed by atoms with Gasteiger partial charge >= 0.3 is 0 Å². The van der Waals surface area contributed by atoms with Crippen LogP contribution in [0.4, 0.5) is 0 Å². The van der Waals surface area contributed by atoms with E-state index >= 15 is 0 Å². The van der Waals surface area contributed by atoms with Crippen LogP contribution in [0.25, 0.3) is 33.6 Å². The summed E-state index contributed by atoms with van der Waals surface area (Å²) in [5.74, 6) is 1.39. The van der Waals surface area contributed by atoms with Gasteiger partial charge in [0.15, 0.2) is 0 Å². The largest absolute Gasteiger partial charge is 0.481 e. The molecule has 2 aliphatic heterocycles. The zero-order valence-corrected chi connectivity index (χ0v) is 28.3. The van der Waals surface area contributed by atoms with Gasteiger partial charge in [0.05, 0.1) is 48.0 Å². The summed E-state index contributed by atoms with van der Waals surface area (Å²) in [5.41, 5.74) is 7.35. The highest BCUT2D eigenvalue weighted by molar-refractivity contribution is 6.39. The number of likely N-dealkylation sites (tertiary alicyclic amines) is 2. The first-order chi connectivity index (χ1) is 22.7. The maximum absolute atomic E-state index is 11.8. The first-order valence-electron chi connectivity index (χ1n) is 15.9. The molecule has 3 unspecified atom stereocenters. The van der Waals surface area contributed by atoms with Crippen molar-refractivity contribution in [2.45, 2.75) is 51.4 Å². The van der Waals surface area contributed by atoms with Crippen LogP contribution in [0.1, 0.15) is 43.1 Å². The van der Waals surface area contributed by atoms with Crippen LogP contribution in [0.15, 0.2) is 48.7 Å². The zero-order chi connectivity index (χ0) is 33.0. The molecule has 3 aliphatic rings. The number of hydrogen-bond donors (Lipinski definition) is 1. The summed E-state index contributed by atoms with van der Waals surface area (Å²) in [4.78, 5) is 30.7. The van der Waals surface area contributed by atoms with E-state index in [0.29, 0.717) is 51.8 Å². The van der Waals surface area contributed by atoms with Crippen molar-refractivity contribution in [1.82, 2.24) is 24.8 Å². The van der Waals surface area contributed by atoms with Crippen LogP contribution in [0, 0.1) is 5.92 Å². The minimum absolute atomic E-state index is 0.0601. The van der Waals surface area contributed by atoms with Crippen molar-refractivity contribution in [1.29, 1.82) is 0 Å². The van der Waals surface area contributed by atoms with Crippen molar-refractivity contribution in [2.75, 3.05) is 33.9 Å². The average molecular weight is 675 g/mol. The number of carbonyl (C=O) groups excluding carboxylic acids is 1. The van der Waals surface area contributed by atoms with Gasteiger partial charge in [0.1, 0.15) is 11.5 Å². The van der Waals surface area contributed by atoms with E-state index in [9.17, 15) is 9.90 Å². The molecule has 0 radical (unpaired) electrons. The zero-order valence-electron chi connectivity index (χ0n) is 26.8. The number of β-amino-alcohol motifs (C(OH)–C–C–N with tert-alkyl or cyclic N) is 1. The summed E-state index contributed by atoms with van der Waals surface area (Å²) < 4.78 is 11.5. The smallest absolute Gasteiger partial charge is 0.237 e. The number of carbonyl (C=O) groups is 1. The summed E-state index contributed by atoms with van der Waals surface area (Å²) in [6.07, 6.45) is 3.25. The van der Waals surface area contributed by atoms with E-state index in [1.54, 1.807) is 27.3 Å². The molecular weight excluding hydrogens is 637 g/mol. The van der Waals surface area contributed by atoms with E-state index in [1.807, 2.05) is 43.3 Å². The second-order valence-electron chi connectivity index (χ2n) is 12.7. The van der Waals surface area contributed by atoms with Crippen molar-refractivity contribution < 1.29 is 19.4 Å². The number of hydrogen-bond acceptors (Lipinski definition) is 9. The van der Waals surface area contributed by atoms with E-state index in [1.165, 1.54) is 5.56 Å². The standard InChI is InChI=1S/C36H37Cl2N5O4/c1-19-31(45)18-42(19)17-29-35(46-3)41-28(14-39-29)26-10-6-8-24(34(26)38)23-7-5-9-25(33(23)37)27-13-21-11-12-30(32(21)36(40-27)47-4)43-15-22(16-43)20(2)44/h5-10,13-14,19,22,30-31,45H,11-12,15-18H2,1-4H3. The van der Waals surface area contributed by atoms with Gasteiger partial charge < -0.3 is 14.6 Å². The number of aromatic nitrogens is 3. The van der Waals surface area contributed by atoms with Gasteiger partial charge in [-0.25, -0.2) is 9.97 Å². The molecule has 11 heteroatoms. The average Bonchev–Trinajstić information content (AvgIpc) is 3.47. The number of pyridine rings is 1. The fraction of sp³-hybridized carbons (Fsp3) is 0.389. The third-order valence-corrected chi connectivity index (χ3v) is 10.8. The highest BCUT2D eigenvalue weighted by Crippen LogP contribution is 2.47. The number of aliphatic hydroxyl groups is 1. The fourth-order valence-corrected chi connectivity index (χ4v) is 7.65. The third-order valence-electron chi connectivity index (χ3n) is 10.0. The molecule has 244 valence electrons. The molecule has 0 amide bonds. The topological polar surface area (TPSA) is 101 Å². The van der Waals surface area contributed by atoms with Gasteiger partial charge in [-0.1, -0.05) is 59.6 Å². The molecule has 2 aromatic heterocycles. The molecule has 2 fully saturated rings. The number of ketones is 1. The summed E-state index contributed by atoms with van der Waals surface area (Å²) in [6, 6.07) is 14.0. The van der Waals surface area contributed by atoms with Gasteiger partial charge in [-0.15, -0.1) is 0 Å². The molecule has 1 aliphatic carbocycles. The first-order valence-corrected chi connectivity index (χ1v) is 16.7. The van der Waals surface area contributed by atoms with Crippen LogP contribution >= 0.6 is 23.2 Å². The number of Topliss-reactive ketones (excluding diaryl/α,β-unsaturated/α-hetero) is 1. The second kappa shape index (κ2) is 12.8. The van der Waals surface area contributed by atoms with Gasteiger partial charge in [0.25, 0.3) is 0 Å². The molecule has 0 saturated carbocycles. The van der Waals surface area contributed by atoms with Crippen molar-refractivity contribution in [2.24, 2.45) is 5.92 Å². The Hall–Kier alpha value is -3.60. The predicted octanol–water partition coefficient (Wildman–Crippen LogP) is 6.27. The number of ether oxygens (including phenoxy) is 2. The maximum atomic E-state index is 11.8. The van der Waals surface area contributed by atoms with Crippen LogP contribution < -0.4 is 9.47 Å². The minimum Gasteiger partial charge on any atom is -0.481 e. The molecule has 47 heavy (non-hydrogen) atoms. The van der Waals surface area contributed by atoms with E-state index in [2.05, 4.69) is 20.9 Å². The molecule has 4 aromatic rings. The van der Waals surface area contributed by atoms with Gasteiger partial charge in [-0.3, -0.25) is 19.6 Å². The lowest BCUT2D eigenvalue weighted by atomic mass is 9.92. The predicted molar refractivity (Wildman–Crippen MR) is 182 cm³/mol. The molecule has 7 rings (SSSR count). The fourth-order valence-electron chi connectivity index (χ4n) is 7.00. The normalized spacial score (nSPS) is 21.2. The monoisotopic (exact) mass is 673 g/mol. The molecule has 3 atom stereocenters. The third kappa shape index (κ3) is 5.68. The Labute approximate surface area is 284 Å². The lowest BCUT2D eigenvalue weighted by molar-refractivity contribution is -0.127. The Morgan fingerprint density at radius 1 is 0.936 bits per heavy atom. The van der Waals surface area contributed by atoms with Crippen LogP contribution in [0.2, 0.25) is 10.0 Å². The van der Waals surface area contributed by atoms with Gasteiger partial charge in [0, 0.05) is 72.0 Å². The Kier molecular flexibility index (Phi) is 8.70. The second-order valence-corrected chi connectivity index (χ2v) is 13.4. The molecule has 4 heterocycles. The SMILES string of the molecule is COc1nc(-c2cccc(-c3cccc(-c4cc5c(c(OC)n4)C(N4CC(C(C)=O)C4)CC5)c3Cl)c2Cl)cnc1CN1CC(O)C1C. The Morgan fingerprint density at radius 3 is 2.15 bits per heavy atom. The summed E-state index contributed by atoms with van der Waals surface area (Å²) in [6.45, 7) is 6.35. The Balaban J connectivity index is 1.19. The molecule has 0 spiro atoms. The molecule has 9 nitrogen and oxygen atoms in total. The molecule has 2 saturated heterocycles. The maximum Gasteiger partial charge on any atom is 0.237 e.